The monoisotopic (exact) mass is 289 g/mol. The molecule has 0 spiro atoms. The maximum atomic E-state index is 12.5. The average Bonchev–Trinajstić information content (AvgIpc) is 2.88. The molecule has 1 amide bonds. The van der Waals surface area contributed by atoms with Crippen molar-refractivity contribution in [3.8, 4) is 0 Å². The maximum absolute atomic E-state index is 12.5. The molecule has 1 fully saturated rings. The molecule has 110 valence electrons. The molecule has 0 saturated carbocycles. The number of nitrogens with two attached hydrogens (primary N) is 1. The fourth-order valence-corrected chi connectivity index (χ4v) is 1.95. The standard InChI is InChI=1S/C11H14F3N5O/c12-11(13,14)7-5-8(18-10(15)17-7)16-6-9(20)19-3-1-2-4-19/h5H,1-4,6H2,(H3,15,16,17,18). The van der Waals surface area contributed by atoms with E-state index in [2.05, 4.69) is 15.3 Å². The third-order valence-corrected chi connectivity index (χ3v) is 2.91. The summed E-state index contributed by atoms with van der Waals surface area (Å²) in [4.78, 5) is 20.2. The zero-order chi connectivity index (χ0) is 14.8. The number of rotatable bonds is 3. The van der Waals surface area contributed by atoms with Gasteiger partial charge in [0.2, 0.25) is 11.9 Å². The lowest BCUT2D eigenvalue weighted by Crippen LogP contribution is -2.33. The van der Waals surface area contributed by atoms with Crippen LogP contribution in [0, 0.1) is 0 Å². The van der Waals surface area contributed by atoms with Crippen LogP contribution in [0.25, 0.3) is 0 Å². The fourth-order valence-electron chi connectivity index (χ4n) is 1.95. The Hall–Kier alpha value is -2.06. The molecular weight excluding hydrogens is 275 g/mol. The zero-order valence-electron chi connectivity index (χ0n) is 10.6. The van der Waals surface area contributed by atoms with Crippen LogP contribution in [-0.4, -0.2) is 40.4 Å². The summed E-state index contributed by atoms with van der Waals surface area (Å²) in [6.45, 7) is 1.24. The molecule has 2 rings (SSSR count). The van der Waals surface area contributed by atoms with Crippen LogP contribution in [0.5, 0.6) is 0 Å². The molecule has 1 aromatic heterocycles. The number of amides is 1. The number of nitrogens with one attached hydrogen (secondary N) is 1. The third kappa shape index (κ3) is 3.49. The molecule has 6 nitrogen and oxygen atoms in total. The summed E-state index contributed by atoms with van der Waals surface area (Å²) in [6, 6.07) is 0.730. The van der Waals surface area contributed by atoms with Crippen molar-refractivity contribution in [2.24, 2.45) is 0 Å². The minimum Gasteiger partial charge on any atom is -0.368 e. The number of halogens is 3. The van der Waals surface area contributed by atoms with Gasteiger partial charge >= 0.3 is 6.18 Å². The lowest BCUT2D eigenvalue weighted by Gasteiger charge is -2.16. The van der Waals surface area contributed by atoms with Crippen molar-refractivity contribution in [1.29, 1.82) is 0 Å². The van der Waals surface area contributed by atoms with E-state index in [0.717, 1.165) is 18.9 Å². The number of nitrogens with zero attached hydrogens (tertiary/aromatic N) is 3. The molecule has 1 aliphatic rings. The van der Waals surface area contributed by atoms with Gasteiger partial charge in [-0.05, 0) is 12.8 Å². The smallest absolute Gasteiger partial charge is 0.368 e. The molecule has 20 heavy (non-hydrogen) atoms. The number of hydrogen-bond donors (Lipinski definition) is 2. The minimum atomic E-state index is -4.60. The van der Waals surface area contributed by atoms with Gasteiger partial charge in [-0.1, -0.05) is 0 Å². The Labute approximate surface area is 113 Å². The highest BCUT2D eigenvalue weighted by molar-refractivity contribution is 5.80. The predicted octanol–water partition coefficient (Wildman–Crippen LogP) is 1.11. The van der Waals surface area contributed by atoms with E-state index in [0.29, 0.717) is 13.1 Å². The van der Waals surface area contributed by atoms with E-state index in [1.165, 1.54) is 0 Å². The summed E-state index contributed by atoms with van der Waals surface area (Å²) in [5, 5.41) is 2.55. The molecule has 1 aliphatic heterocycles. The van der Waals surface area contributed by atoms with E-state index in [1.54, 1.807) is 4.90 Å². The van der Waals surface area contributed by atoms with Gasteiger partial charge in [0.15, 0.2) is 5.69 Å². The number of likely N-dealkylation sites (tertiary alicyclic amines) is 1. The first kappa shape index (κ1) is 14.4. The van der Waals surface area contributed by atoms with E-state index in [1.807, 2.05) is 0 Å². The second kappa shape index (κ2) is 5.51. The van der Waals surface area contributed by atoms with Crippen molar-refractivity contribution < 1.29 is 18.0 Å². The number of anilines is 2. The fraction of sp³-hybridized carbons (Fsp3) is 0.545. The predicted molar refractivity (Wildman–Crippen MR) is 65.8 cm³/mol. The van der Waals surface area contributed by atoms with Crippen LogP contribution < -0.4 is 11.1 Å². The number of nitrogen functional groups attached to an aromatic ring is 1. The average molecular weight is 289 g/mol. The van der Waals surface area contributed by atoms with Gasteiger partial charge in [-0.25, -0.2) is 4.98 Å². The first-order valence-electron chi connectivity index (χ1n) is 6.09. The van der Waals surface area contributed by atoms with Crippen LogP contribution in [0.4, 0.5) is 24.9 Å². The first-order chi connectivity index (χ1) is 9.36. The van der Waals surface area contributed by atoms with Gasteiger partial charge in [-0.3, -0.25) is 4.79 Å². The molecule has 1 saturated heterocycles. The highest BCUT2D eigenvalue weighted by atomic mass is 19.4. The Kier molecular flexibility index (Phi) is 3.96. The number of alkyl halides is 3. The van der Waals surface area contributed by atoms with Crippen molar-refractivity contribution in [3.63, 3.8) is 0 Å². The largest absolute Gasteiger partial charge is 0.433 e. The highest BCUT2D eigenvalue weighted by Gasteiger charge is 2.33. The number of carbonyl (C=O) groups excluding carboxylic acids is 1. The number of hydrogen-bond acceptors (Lipinski definition) is 5. The van der Waals surface area contributed by atoms with Gasteiger partial charge in [0.1, 0.15) is 5.82 Å². The van der Waals surface area contributed by atoms with E-state index in [4.69, 9.17) is 5.73 Å². The second-order valence-corrected chi connectivity index (χ2v) is 4.44. The van der Waals surface area contributed by atoms with E-state index in [-0.39, 0.29) is 18.3 Å². The van der Waals surface area contributed by atoms with Gasteiger partial charge < -0.3 is 16.0 Å². The molecule has 9 heteroatoms. The summed E-state index contributed by atoms with van der Waals surface area (Å²) in [6.07, 6.45) is -2.71. The molecule has 1 aromatic rings. The summed E-state index contributed by atoms with van der Waals surface area (Å²) >= 11 is 0. The first-order valence-corrected chi connectivity index (χ1v) is 6.09. The van der Waals surface area contributed by atoms with Crippen LogP contribution in [0.2, 0.25) is 0 Å². The molecule has 0 radical (unpaired) electrons. The summed E-state index contributed by atoms with van der Waals surface area (Å²) in [5.41, 5.74) is 4.09. The molecule has 0 aromatic carbocycles. The Morgan fingerprint density at radius 3 is 2.60 bits per heavy atom. The number of aromatic nitrogens is 2. The summed E-state index contributed by atoms with van der Waals surface area (Å²) < 4.78 is 37.6. The quantitative estimate of drug-likeness (QED) is 0.871. The van der Waals surface area contributed by atoms with Crippen LogP contribution >= 0.6 is 0 Å². The van der Waals surface area contributed by atoms with Crippen LogP contribution in [0.15, 0.2) is 6.07 Å². The highest BCUT2D eigenvalue weighted by Crippen LogP contribution is 2.29. The normalized spacial score (nSPS) is 15.4. The van der Waals surface area contributed by atoms with Gasteiger partial charge in [-0.2, -0.15) is 18.2 Å². The SMILES string of the molecule is Nc1nc(NCC(=O)N2CCCC2)cc(C(F)(F)F)n1. The minimum absolute atomic E-state index is 0.114. The van der Waals surface area contributed by atoms with Gasteiger partial charge in [0.05, 0.1) is 6.54 Å². The molecular formula is C11H14F3N5O. The van der Waals surface area contributed by atoms with E-state index >= 15 is 0 Å². The Morgan fingerprint density at radius 1 is 1.35 bits per heavy atom. The molecule has 0 unspecified atom stereocenters. The molecule has 2 heterocycles. The van der Waals surface area contributed by atoms with Crippen LogP contribution in [-0.2, 0) is 11.0 Å². The number of carbonyl (C=O) groups is 1. The van der Waals surface area contributed by atoms with Gasteiger partial charge in [-0.15, -0.1) is 0 Å². The van der Waals surface area contributed by atoms with E-state index < -0.39 is 17.8 Å². The summed E-state index contributed by atoms with van der Waals surface area (Å²) in [5.74, 6) is -0.776. The lowest BCUT2D eigenvalue weighted by molar-refractivity contribution is -0.141. The Bertz CT molecular complexity index is 499. The second-order valence-electron chi connectivity index (χ2n) is 4.44. The maximum Gasteiger partial charge on any atom is 0.433 e. The molecule has 3 N–H and O–H groups in total. The Balaban J connectivity index is 2.02. The Morgan fingerprint density at radius 2 is 2.00 bits per heavy atom. The van der Waals surface area contributed by atoms with Crippen LogP contribution in [0.3, 0.4) is 0 Å². The van der Waals surface area contributed by atoms with Crippen molar-refractivity contribution >= 4 is 17.7 Å². The van der Waals surface area contributed by atoms with Gasteiger partial charge in [0, 0.05) is 19.2 Å². The molecule has 0 atom stereocenters. The van der Waals surface area contributed by atoms with Crippen LogP contribution in [0.1, 0.15) is 18.5 Å². The van der Waals surface area contributed by atoms with E-state index in [9.17, 15) is 18.0 Å². The van der Waals surface area contributed by atoms with Crippen molar-refractivity contribution in [2.75, 3.05) is 30.7 Å². The topological polar surface area (TPSA) is 84.1 Å². The van der Waals surface area contributed by atoms with Gasteiger partial charge in [0.25, 0.3) is 0 Å². The van der Waals surface area contributed by atoms with Crippen molar-refractivity contribution in [3.05, 3.63) is 11.8 Å². The zero-order valence-corrected chi connectivity index (χ0v) is 10.6. The third-order valence-electron chi connectivity index (χ3n) is 2.91. The van der Waals surface area contributed by atoms with Crippen molar-refractivity contribution in [2.45, 2.75) is 19.0 Å². The molecule has 0 bridgehead atoms. The van der Waals surface area contributed by atoms with Crippen molar-refractivity contribution in [1.82, 2.24) is 14.9 Å². The molecule has 0 aliphatic carbocycles. The summed E-state index contributed by atoms with van der Waals surface area (Å²) in [7, 11) is 0. The lowest BCUT2D eigenvalue weighted by atomic mass is 10.3.